The van der Waals surface area contributed by atoms with Crippen molar-refractivity contribution >= 4 is 5.97 Å². The van der Waals surface area contributed by atoms with Gasteiger partial charge in [0.25, 0.3) is 0 Å². The van der Waals surface area contributed by atoms with Crippen LogP contribution in [-0.2, 0) is 9.53 Å². The van der Waals surface area contributed by atoms with E-state index >= 15 is 0 Å². The maximum absolute atomic E-state index is 10.4. The molecule has 0 radical (unpaired) electrons. The third kappa shape index (κ3) is 11.2. The lowest BCUT2D eigenvalue weighted by molar-refractivity contribution is -0.141. The molecule has 3 heteroatoms. The molecule has 0 aliphatic rings. The fourth-order valence-corrected chi connectivity index (χ4v) is 0.890. The summed E-state index contributed by atoms with van der Waals surface area (Å²) in [5.41, 5.74) is 0. The number of hydrogen-bond donors (Lipinski definition) is 1. The van der Waals surface area contributed by atoms with Crippen molar-refractivity contribution in [2.75, 3.05) is 13.2 Å². The molecule has 0 rings (SSSR count). The number of carbonyl (C=O) groups excluding carboxylic acids is 1. The van der Waals surface area contributed by atoms with Crippen LogP contribution in [0.2, 0.25) is 0 Å². The van der Waals surface area contributed by atoms with Crippen molar-refractivity contribution < 1.29 is 14.6 Å². The van der Waals surface area contributed by atoms with Gasteiger partial charge in [0.15, 0.2) is 0 Å². The number of rotatable bonds is 7. The van der Waals surface area contributed by atoms with Crippen LogP contribution in [-0.4, -0.2) is 24.3 Å². The number of aliphatic hydroxyl groups is 1. The Balaban J connectivity index is 3.03. The maximum atomic E-state index is 10.4. The van der Waals surface area contributed by atoms with E-state index in [1.807, 2.05) is 12.2 Å². The molecule has 13 heavy (non-hydrogen) atoms. The average Bonchev–Trinajstić information content (AvgIpc) is 2.09. The average molecular weight is 186 g/mol. The summed E-state index contributed by atoms with van der Waals surface area (Å²) < 4.78 is 4.77. The van der Waals surface area contributed by atoms with Crippen molar-refractivity contribution in [1.82, 2.24) is 0 Å². The number of ether oxygens (including phenoxy) is 1. The highest BCUT2D eigenvalue weighted by molar-refractivity contribution is 5.65. The van der Waals surface area contributed by atoms with Gasteiger partial charge >= 0.3 is 5.97 Å². The van der Waals surface area contributed by atoms with Crippen molar-refractivity contribution in [3.63, 3.8) is 0 Å². The van der Waals surface area contributed by atoms with Gasteiger partial charge in [-0.15, -0.1) is 0 Å². The van der Waals surface area contributed by atoms with E-state index < -0.39 is 0 Å². The van der Waals surface area contributed by atoms with Gasteiger partial charge in [0, 0.05) is 13.5 Å². The number of aliphatic hydroxyl groups excluding tert-OH is 1. The van der Waals surface area contributed by atoms with Crippen LogP contribution in [0.25, 0.3) is 0 Å². The Morgan fingerprint density at radius 2 is 2.00 bits per heavy atom. The van der Waals surface area contributed by atoms with E-state index in [0.717, 1.165) is 25.7 Å². The van der Waals surface area contributed by atoms with E-state index in [0.29, 0.717) is 6.61 Å². The summed E-state index contributed by atoms with van der Waals surface area (Å²) in [6.45, 7) is 2.15. The first kappa shape index (κ1) is 12.2. The van der Waals surface area contributed by atoms with Crippen molar-refractivity contribution in [2.24, 2.45) is 0 Å². The fourth-order valence-electron chi connectivity index (χ4n) is 0.890. The Kier molecular flexibility index (Phi) is 8.67. The molecule has 3 nitrogen and oxygen atoms in total. The molecular formula is C10H18O3. The van der Waals surface area contributed by atoms with Crippen molar-refractivity contribution in [2.45, 2.75) is 32.6 Å². The Morgan fingerprint density at radius 3 is 2.62 bits per heavy atom. The fraction of sp³-hybridized carbons (Fsp3) is 0.700. The molecule has 0 aliphatic carbocycles. The van der Waals surface area contributed by atoms with Crippen LogP contribution in [0.5, 0.6) is 0 Å². The third-order valence-electron chi connectivity index (χ3n) is 1.53. The Labute approximate surface area is 79.4 Å². The molecule has 0 amide bonds. The smallest absolute Gasteiger partial charge is 0.302 e. The van der Waals surface area contributed by atoms with Gasteiger partial charge in [-0.3, -0.25) is 4.79 Å². The largest absolute Gasteiger partial charge is 0.466 e. The van der Waals surface area contributed by atoms with Crippen molar-refractivity contribution in [1.29, 1.82) is 0 Å². The third-order valence-corrected chi connectivity index (χ3v) is 1.53. The molecule has 0 aromatic carbocycles. The molecule has 1 N–H and O–H groups in total. The van der Waals surface area contributed by atoms with Crippen LogP contribution in [0.4, 0.5) is 0 Å². The van der Waals surface area contributed by atoms with Crippen LogP contribution in [0, 0.1) is 0 Å². The summed E-state index contributed by atoms with van der Waals surface area (Å²) in [6, 6.07) is 0. The van der Waals surface area contributed by atoms with E-state index in [1.54, 1.807) is 0 Å². The van der Waals surface area contributed by atoms with Gasteiger partial charge in [-0.2, -0.15) is 0 Å². The second-order valence-corrected chi connectivity index (χ2v) is 2.82. The van der Waals surface area contributed by atoms with Crippen LogP contribution in [0.3, 0.4) is 0 Å². The quantitative estimate of drug-likeness (QED) is 0.373. The lowest BCUT2D eigenvalue weighted by Crippen LogP contribution is -1.99. The SMILES string of the molecule is CC(=O)OCCCC/C=C/CCO. The lowest BCUT2D eigenvalue weighted by Gasteiger charge is -1.99. The molecule has 0 aromatic rings. The summed E-state index contributed by atoms with van der Waals surface area (Å²) in [6.07, 6.45) is 7.65. The number of allylic oxidation sites excluding steroid dienone is 1. The van der Waals surface area contributed by atoms with Crippen LogP contribution < -0.4 is 0 Å². The van der Waals surface area contributed by atoms with Gasteiger partial charge in [-0.05, 0) is 25.7 Å². The highest BCUT2D eigenvalue weighted by Crippen LogP contribution is 1.98. The summed E-state index contributed by atoms with van der Waals surface area (Å²) >= 11 is 0. The number of esters is 1. The minimum atomic E-state index is -0.212. The second kappa shape index (κ2) is 9.26. The van der Waals surface area contributed by atoms with Gasteiger partial charge in [0.2, 0.25) is 0 Å². The molecule has 0 saturated carbocycles. The first-order chi connectivity index (χ1) is 6.27. The Bertz CT molecular complexity index is 152. The molecular weight excluding hydrogens is 168 g/mol. The summed E-state index contributed by atoms with van der Waals surface area (Å²) in [5, 5.41) is 8.46. The topological polar surface area (TPSA) is 46.5 Å². The van der Waals surface area contributed by atoms with Crippen molar-refractivity contribution in [3.8, 4) is 0 Å². The molecule has 0 aromatic heterocycles. The van der Waals surface area contributed by atoms with Crippen molar-refractivity contribution in [3.05, 3.63) is 12.2 Å². The number of hydrogen-bond acceptors (Lipinski definition) is 3. The van der Waals surface area contributed by atoms with Crippen LogP contribution >= 0.6 is 0 Å². The summed E-state index contributed by atoms with van der Waals surface area (Å²) in [7, 11) is 0. The van der Waals surface area contributed by atoms with E-state index in [4.69, 9.17) is 9.84 Å². The first-order valence-electron chi connectivity index (χ1n) is 4.66. The highest BCUT2D eigenvalue weighted by atomic mass is 16.5. The van der Waals surface area contributed by atoms with E-state index in [-0.39, 0.29) is 12.6 Å². The standard InChI is InChI=1S/C10H18O3/c1-10(12)13-9-7-5-3-2-4-6-8-11/h2,4,11H,3,5-9H2,1H3/b4-2+. The summed E-state index contributed by atoms with van der Waals surface area (Å²) in [4.78, 5) is 10.4. The van der Waals surface area contributed by atoms with Gasteiger partial charge < -0.3 is 9.84 Å². The minimum Gasteiger partial charge on any atom is -0.466 e. The zero-order valence-corrected chi connectivity index (χ0v) is 8.16. The molecule has 0 fully saturated rings. The zero-order valence-electron chi connectivity index (χ0n) is 8.16. The normalized spacial score (nSPS) is 10.6. The molecule has 0 atom stereocenters. The van der Waals surface area contributed by atoms with Gasteiger partial charge in [0.05, 0.1) is 6.61 Å². The predicted octanol–water partition coefficient (Wildman–Crippen LogP) is 1.66. The lowest BCUT2D eigenvalue weighted by atomic mass is 10.2. The Morgan fingerprint density at radius 1 is 1.31 bits per heavy atom. The van der Waals surface area contributed by atoms with Crippen LogP contribution in [0.1, 0.15) is 32.6 Å². The van der Waals surface area contributed by atoms with Gasteiger partial charge in [-0.25, -0.2) is 0 Å². The number of unbranched alkanes of at least 4 members (excludes halogenated alkanes) is 2. The maximum Gasteiger partial charge on any atom is 0.302 e. The molecule has 0 spiro atoms. The minimum absolute atomic E-state index is 0.212. The first-order valence-corrected chi connectivity index (χ1v) is 4.66. The molecule has 0 saturated heterocycles. The van der Waals surface area contributed by atoms with E-state index in [1.165, 1.54) is 6.92 Å². The molecule has 0 bridgehead atoms. The Hall–Kier alpha value is -0.830. The molecule has 76 valence electrons. The molecule has 0 aliphatic heterocycles. The number of carbonyl (C=O) groups is 1. The second-order valence-electron chi connectivity index (χ2n) is 2.82. The van der Waals surface area contributed by atoms with Gasteiger partial charge in [0.1, 0.15) is 0 Å². The molecule has 0 heterocycles. The predicted molar refractivity (Wildman–Crippen MR) is 51.3 cm³/mol. The summed E-state index contributed by atoms with van der Waals surface area (Å²) in [5.74, 6) is -0.212. The molecule has 0 unspecified atom stereocenters. The zero-order chi connectivity index (χ0) is 9.94. The highest BCUT2D eigenvalue weighted by Gasteiger charge is 1.91. The van der Waals surface area contributed by atoms with Gasteiger partial charge in [-0.1, -0.05) is 12.2 Å². The van der Waals surface area contributed by atoms with Crippen LogP contribution in [0.15, 0.2) is 12.2 Å². The van der Waals surface area contributed by atoms with E-state index in [2.05, 4.69) is 0 Å². The van der Waals surface area contributed by atoms with E-state index in [9.17, 15) is 4.79 Å². The monoisotopic (exact) mass is 186 g/mol.